The summed E-state index contributed by atoms with van der Waals surface area (Å²) in [6, 6.07) is -8.94. The van der Waals surface area contributed by atoms with E-state index in [1.807, 2.05) is 0 Å². The number of hydrogen-bond donors (Lipinski definition) is 36. The first-order chi connectivity index (χ1) is 66.9. The van der Waals surface area contributed by atoms with E-state index in [0.717, 1.165) is 27.7 Å². The van der Waals surface area contributed by atoms with Crippen LogP contribution in [0.3, 0.4) is 0 Å². The monoisotopic (exact) mass is 2070 g/mol. The van der Waals surface area contributed by atoms with E-state index >= 15 is 0 Å². The number of aliphatic hydroxyl groups excluding tert-OH is 31. The molecule has 5 amide bonds. The van der Waals surface area contributed by atoms with Gasteiger partial charge >= 0.3 is 0 Å². The average molecular weight is 2070 g/mol. The van der Waals surface area contributed by atoms with Crippen molar-refractivity contribution in [1.82, 2.24) is 26.6 Å². The molecule has 0 saturated carbocycles. The van der Waals surface area contributed by atoms with Crippen molar-refractivity contribution < 1.29 is 286 Å². The van der Waals surface area contributed by atoms with Crippen molar-refractivity contribution >= 4 is 30.0 Å². The second kappa shape index (κ2) is 52.1. The van der Waals surface area contributed by atoms with Crippen molar-refractivity contribution in [2.24, 2.45) is 0 Å². The Hall–Kier alpha value is -4.77. The lowest BCUT2D eigenvalue weighted by molar-refractivity contribution is -0.390. The van der Waals surface area contributed by atoms with Crippen LogP contribution in [0.4, 0.5) is 0 Å². The summed E-state index contributed by atoms with van der Waals surface area (Å²) in [7, 11) is 0. The predicted molar refractivity (Wildman–Crippen MR) is 433 cm³/mol. The van der Waals surface area contributed by atoms with Crippen molar-refractivity contribution in [3.8, 4) is 0 Å². The molecule has 0 radical (unpaired) electrons. The molecular weight excluding hydrogens is 1930 g/mol. The van der Waals surface area contributed by atoms with Crippen LogP contribution >= 0.6 is 0 Å². The summed E-state index contributed by atoms with van der Waals surface area (Å²) >= 11 is 0. The first kappa shape index (κ1) is 117. The zero-order valence-electron chi connectivity index (χ0n) is 75.5. The van der Waals surface area contributed by atoms with Crippen molar-refractivity contribution in [2.45, 2.75) is 371 Å². The Balaban J connectivity index is 0.836. The molecule has 816 valence electrons. The molecule has 63 nitrogen and oxygen atoms in total. The van der Waals surface area contributed by atoms with E-state index in [1.54, 1.807) is 0 Å². The predicted octanol–water partition coefficient (Wildman–Crippen LogP) is -25.3. The molecule has 56 atom stereocenters. The standard InChI is InChI=1S/C78H131N5O58/c1-19(95)80-35-45(105)60(134-73-53(113)49(109)39(99)24(6-85)123-73)28(10-89)127-69(35)122-17-34-44(104)67(59(119)78(133-34)137-63-31(13-92)130-70(38(48(63)108)83-22(4)98)139-65-42(102)26(8-87)126-77(57(65)117)138-64-32(14-93)131-72(56(116)52(64)112)120-15-23(5-84)79-18-94)140-71-37(82-21(3)97)47(107)62(30(12-91)129-71)135-75-55(115)51(111)41(101)33(132-75)16-121-68-36(81-20(2)96)46(106)61(29(11-90)128-68)136-76-58(118)66(43(103)27(9-88)125-76)141-74-54(114)50(110)40(100)25(7-86)124-74/h18,23-78,84-93,99-119H,5-17H2,1-4H3,(H,79,94)(H,80,95)(H,81,96)(H,82,97)(H,83,98)/t23-,24-,25-,26-,27-,28-,29-,30-,31-,32-,33-,34-,35-,36-,37-,38-,39+,40+,41+,42+,43+,44+,45-,46-,47-,48-,49+,50+,51+,52-,53-,54-,55-,56-,57-,58-,59-,60-,61-,62-,63-,64-,65+,66+,67+,68-,69-,70+,71+,72-,73+,74-,75+,76+,77+,78+/m1/s1. The minimum Gasteiger partial charge on any atom is -0.394 e. The van der Waals surface area contributed by atoms with Crippen molar-refractivity contribution in [1.29, 1.82) is 0 Å². The molecule has 11 rings (SSSR count). The van der Waals surface area contributed by atoms with Gasteiger partial charge in [-0.05, 0) is 0 Å². The van der Waals surface area contributed by atoms with Crippen LogP contribution in [0.25, 0.3) is 0 Å². The molecular formula is C78H131N5O58. The van der Waals surface area contributed by atoms with E-state index in [1.165, 1.54) is 0 Å². The molecule has 63 heteroatoms. The van der Waals surface area contributed by atoms with Crippen LogP contribution in [0.15, 0.2) is 0 Å². The third-order valence-electron chi connectivity index (χ3n) is 25.5. The molecule has 0 aliphatic carbocycles. The number of carbonyl (C=O) groups is 5. The van der Waals surface area contributed by atoms with E-state index in [2.05, 4.69) is 26.6 Å². The van der Waals surface area contributed by atoms with Gasteiger partial charge in [-0.3, -0.25) is 24.0 Å². The van der Waals surface area contributed by atoms with Gasteiger partial charge < -0.3 is 289 Å². The van der Waals surface area contributed by atoms with Crippen LogP contribution in [0.1, 0.15) is 27.7 Å². The van der Waals surface area contributed by atoms with Crippen molar-refractivity contribution in [3.05, 3.63) is 0 Å². The molecule has 36 N–H and O–H groups in total. The second-order valence-electron chi connectivity index (χ2n) is 35.3. The Kier molecular flexibility index (Phi) is 43.1. The van der Waals surface area contributed by atoms with E-state index in [0.29, 0.717) is 0 Å². The van der Waals surface area contributed by atoms with Crippen LogP contribution in [0, 0.1) is 0 Å². The second-order valence-corrected chi connectivity index (χ2v) is 35.3. The van der Waals surface area contributed by atoms with Gasteiger partial charge in [-0.25, -0.2) is 0 Å². The summed E-state index contributed by atoms with van der Waals surface area (Å²) in [6.45, 7) is -9.64. The molecule has 0 spiro atoms. The van der Waals surface area contributed by atoms with E-state index in [4.69, 9.17) is 104 Å². The molecule has 0 aromatic heterocycles. The zero-order chi connectivity index (χ0) is 104. The van der Waals surface area contributed by atoms with Crippen LogP contribution < -0.4 is 26.6 Å². The number of carbonyl (C=O) groups excluding carboxylic acids is 5. The van der Waals surface area contributed by atoms with Crippen LogP contribution in [-0.2, 0) is 128 Å². The summed E-state index contributed by atoms with van der Waals surface area (Å²) in [5, 5.41) is 357. The summed E-state index contributed by atoms with van der Waals surface area (Å²) < 4.78 is 129. The van der Waals surface area contributed by atoms with Gasteiger partial charge in [-0.2, -0.15) is 0 Å². The van der Waals surface area contributed by atoms with Gasteiger partial charge in [0.1, 0.15) is 268 Å². The molecule has 11 saturated heterocycles. The molecule has 0 aromatic carbocycles. The number of aliphatic hydroxyl groups is 31. The van der Waals surface area contributed by atoms with Crippen molar-refractivity contribution in [3.63, 3.8) is 0 Å². The Morgan fingerprint density at radius 1 is 0.234 bits per heavy atom. The number of rotatable bonds is 41. The Morgan fingerprint density at radius 3 is 0.730 bits per heavy atom. The lowest BCUT2D eigenvalue weighted by Crippen LogP contribution is -2.71. The van der Waals surface area contributed by atoms with E-state index in [9.17, 15) is 182 Å². The zero-order valence-corrected chi connectivity index (χ0v) is 75.5. The van der Waals surface area contributed by atoms with E-state index in [-0.39, 0.29) is 6.41 Å². The van der Waals surface area contributed by atoms with E-state index < -0.39 is 453 Å². The topological polar surface area (TPSA) is 976 Å². The van der Waals surface area contributed by atoms with Gasteiger partial charge in [0.05, 0.1) is 91.9 Å². The first-order valence-corrected chi connectivity index (χ1v) is 44.9. The van der Waals surface area contributed by atoms with Crippen LogP contribution in [-0.4, -0.2) is 618 Å². The average Bonchev–Trinajstić information content (AvgIpc) is 0.771. The fourth-order valence-corrected chi connectivity index (χ4v) is 17.9. The van der Waals surface area contributed by atoms with Gasteiger partial charge in [-0.1, -0.05) is 0 Å². The maximum absolute atomic E-state index is 13.4. The molecule has 0 unspecified atom stereocenters. The largest absolute Gasteiger partial charge is 0.394 e. The molecule has 11 heterocycles. The Morgan fingerprint density at radius 2 is 0.447 bits per heavy atom. The van der Waals surface area contributed by atoms with Gasteiger partial charge in [0.15, 0.2) is 69.2 Å². The fraction of sp³-hybridized carbons (Fsp3) is 0.936. The third-order valence-corrected chi connectivity index (χ3v) is 25.5. The first-order valence-electron chi connectivity index (χ1n) is 44.9. The Bertz CT molecular complexity index is 3840. The fourth-order valence-electron chi connectivity index (χ4n) is 17.9. The maximum atomic E-state index is 13.4. The summed E-state index contributed by atoms with van der Waals surface area (Å²) in [5.74, 6) is -3.93. The van der Waals surface area contributed by atoms with Gasteiger partial charge in [0, 0.05) is 27.7 Å². The minimum absolute atomic E-state index is 0.233. The summed E-state index contributed by atoms with van der Waals surface area (Å²) in [6.07, 6.45) is -106. The molecule has 0 bridgehead atoms. The number of hydrogen-bond acceptors (Lipinski definition) is 58. The van der Waals surface area contributed by atoms with Gasteiger partial charge in [0.25, 0.3) is 0 Å². The smallest absolute Gasteiger partial charge is 0.217 e. The highest BCUT2D eigenvalue weighted by Gasteiger charge is 2.63. The number of amides is 5. The molecule has 141 heavy (non-hydrogen) atoms. The number of nitrogens with one attached hydrogen (secondary N) is 5. The maximum Gasteiger partial charge on any atom is 0.217 e. The van der Waals surface area contributed by atoms with Crippen LogP contribution in [0.5, 0.6) is 0 Å². The molecule has 0 aromatic rings. The normalized spacial score (nSPS) is 48.1. The number of ether oxygens (including phenoxy) is 22. The van der Waals surface area contributed by atoms with Gasteiger partial charge in [0.2, 0.25) is 30.0 Å². The lowest BCUT2D eigenvalue weighted by atomic mass is 9.93. The highest BCUT2D eigenvalue weighted by Crippen LogP contribution is 2.42. The van der Waals surface area contributed by atoms with Crippen LogP contribution in [0.2, 0.25) is 0 Å². The molecule has 11 aliphatic heterocycles. The third kappa shape index (κ3) is 26.5. The molecule has 11 aliphatic rings. The minimum atomic E-state index is -2.59. The van der Waals surface area contributed by atoms with Gasteiger partial charge in [-0.15, -0.1) is 0 Å². The highest BCUT2D eigenvalue weighted by atomic mass is 16.8. The molecule has 11 fully saturated rings. The SMILES string of the molecule is CC(=O)N[C@H]1[C@H](OC[C@H]2O[C@@H](O[C@H]3[C@H](O)[C@@H](NC(C)=O)[C@H](O[C@H]4[C@@H](O)[C@@H](CO)O[C@@H](O[C@H]5[C@H](O)[C@@H](O)[C@H](OC[C@@H](CO)NC=O)O[C@@H]5CO)[C@@H]4O)O[C@@H]3CO)[C@H](O)[C@@H](O[C@@H]3O[C@H](CO)[C@@H](O[C@@H]4O[C@H](CO[C@@H]5O[C@H](CO)[C@@H](O[C@@H]6O[C@H](CO)[C@H](O)[C@H](O[C@H]7O[C@H](CO)[C@H](O)[C@H](O)[C@H]7O)[C@H]6O)[C@H](O)[C@H]5NC(C)=O)[C@H](O)[C@H](O)[C@H]4O)[C@H](O)[C@H]3NC(C)=O)[C@H]2O)O[C@H](CO)[C@@H](O[C@@H]2O[C@H](CO)[C@H](O)[C@H](O)[C@H]2O)[C@@H]1O. The summed E-state index contributed by atoms with van der Waals surface area (Å²) in [5.41, 5.74) is 0. The summed E-state index contributed by atoms with van der Waals surface area (Å²) in [4.78, 5) is 63.5. The lowest BCUT2D eigenvalue weighted by Gasteiger charge is -2.51. The highest BCUT2D eigenvalue weighted by molar-refractivity contribution is 5.74. The van der Waals surface area contributed by atoms with Crippen molar-refractivity contribution in [2.75, 3.05) is 85.9 Å². The quantitative estimate of drug-likeness (QED) is 0.0253. The Labute approximate surface area is 797 Å².